The summed E-state index contributed by atoms with van der Waals surface area (Å²) in [5.74, 6) is -0.105. The first-order chi connectivity index (χ1) is 8.16. The van der Waals surface area contributed by atoms with E-state index >= 15 is 0 Å². The highest BCUT2D eigenvalue weighted by Crippen LogP contribution is 2.10. The lowest BCUT2D eigenvalue weighted by Crippen LogP contribution is -2.27. The van der Waals surface area contributed by atoms with Crippen molar-refractivity contribution in [2.75, 3.05) is 5.73 Å². The zero-order chi connectivity index (χ0) is 12.3. The van der Waals surface area contributed by atoms with E-state index in [1.54, 1.807) is 12.4 Å². The van der Waals surface area contributed by atoms with Gasteiger partial charge in [0, 0.05) is 11.8 Å². The molecule has 17 heavy (non-hydrogen) atoms. The average molecular weight is 232 g/mol. The van der Waals surface area contributed by atoms with Crippen LogP contribution < -0.4 is 11.1 Å². The number of rotatable bonds is 3. The Morgan fingerprint density at radius 2 is 2.29 bits per heavy atom. The summed E-state index contributed by atoms with van der Waals surface area (Å²) in [6.07, 6.45) is 6.12. The first-order valence-corrected chi connectivity index (χ1v) is 5.04. The van der Waals surface area contributed by atoms with Crippen LogP contribution in [0.3, 0.4) is 0 Å². The fourth-order valence-corrected chi connectivity index (χ4v) is 1.34. The molecule has 7 nitrogen and oxygen atoms in total. The maximum absolute atomic E-state index is 11.8. The fourth-order valence-electron chi connectivity index (χ4n) is 1.34. The van der Waals surface area contributed by atoms with Crippen LogP contribution in [-0.4, -0.2) is 26.1 Å². The van der Waals surface area contributed by atoms with Crippen LogP contribution >= 0.6 is 0 Å². The van der Waals surface area contributed by atoms with Gasteiger partial charge >= 0.3 is 0 Å². The molecule has 7 heteroatoms. The Morgan fingerprint density at radius 1 is 1.47 bits per heavy atom. The van der Waals surface area contributed by atoms with Crippen molar-refractivity contribution in [1.82, 2.24) is 25.5 Å². The van der Waals surface area contributed by atoms with Crippen molar-refractivity contribution in [3.63, 3.8) is 0 Å². The van der Waals surface area contributed by atoms with Gasteiger partial charge in [0.1, 0.15) is 11.5 Å². The molecule has 2 heterocycles. The molecule has 0 fully saturated rings. The Balaban J connectivity index is 2.07. The van der Waals surface area contributed by atoms with E-state index in [-0.39, 0.29) is 23.5 Å². The lowest BCUT2D eigenvalue weighted by molar-refractivity contribution is 0.0934. The van der Waals surface area contributed by atoms with Crippen molar-refractivity contribution >= 4 is 11.7 Å². The van der Waals surface area contributed by atoms with Crippen molar-refractivity contribution in [3.05, 3.63) is 36.0 Å². The summed E-state index contributed by atoms with van der Waals surface area (Å²) >= 11 is 0. The topological polar surface area (TPSA) is 110 Å². The van der Waals surface area contributed by atoms with E-state index in [0.29, 0.717) is 0 Å². The first kappa shape index (κ1) is 11.1. The molecule has 0 bridgehead atoms. The van der Waals surface area contributed by atoms with Gasteiger partial charge in [0.25, 0.3) is 5.91 Å². The normalized spacial score (nSPS) is 12.1. The number of hydrogen-bond acceptors (Lipinski definition) is 5. The molecule has 88 valence electrons. The van der Waals surface area contributed by atoms with Crippen molar-refractivity contribution in [2.45, 2.75) is 13.0 Å². The highest BCUT2D eigenvalue weighted by Gasteiger charge is 2.13. The zero-order valence-corrected chi connectivity index (χ0v) is 9.21. The number of nitrogens with one attached hydrogen (secondary N) is 2. The number of carbonyl (C=O) groups excluding carboxylic acids is 1. The lowest BCUT2D eigenvalue weighted by Gasteiger charge is -2.11. The van der Waals surface area contributed by atoms with Gasteiger partial charge in [-0.25, -0.2) is 4.98 Å². The summed E-state index contributed by atoms with van der Waals surface area (Å²) in [6, 6.07) is -0.163. The van der Waals surface area contributed by atoms with Crippen molar-refractivity contribution in [2.24, 2.45) is 0 Å². The van der Waals surface area contributed by atoms with Crippen LogP contribution in [-0.2, 0) is 0 Å². The highest BCUT2D eigenvalue weighted by molar-refractivity contribution is 5.92. The van der Waals surface area contributed by atoms with Crippen LogP contribution in [0.2, 0.25) is 0 Å². The monoisotopic (exact) mass is 232 g/mol. The summed E-state index contributed by atoms with van der Waals surface area (Å²) in [6.45, 7) is 1.85. The third kappa shape index (κ3) is 2.57. The number of hydrogen-bond donors (Lipinski definition) is 3. The number of H-pyrrole nitrogens is 1. The molecule has 1 unspecified atom stereocenters. The predicted octanol–water partition coefficient (Wildman–Crippen LogP) is 0.273. The Bertz CT molecular complexity index is 509. The van der Waals surface area contributed by atoms with Crippen molar-refractivity contribution < 1.29 is 4.79 Å². The number of nitrogens with two attached hydrogens (primary N) is 1. The molecule has 0 saturated carbocycles. The minimum absolute atomic E-state index is 0.163. The Labute approximate surface area is 97.5 Å². The van der Waals surface area contributed by atoms with E-state index in [1.165, 1.54) is 12.4 Å². The fraction of sp³-hybridized carbons (Fsp3) is 0.200. The molecule has 1 atom stereocenters. The second-order valence-corrected chi connectivity index (χ2v) is 3.56. The third-order valence-electron chi connectivity index (χ3n) is 2.25. The van der Waals surface area contributed by atoms with E-state index in [0.717, 1.165) is 5.56 Å². The van der Waals surface area contributed by atoms with Crippen LogP contribution in [0.15, 0.2) is 24.8 Å². The van der Waals surface area contributed by atoms with Crippen molar-refractivity contribution in [1.29, 1.82) is 0 Å². The number of amides is 1. The third-order valence-corrected chi connectivity index (χ3v) is 2.25. The van der Waals surface area contributed by atoms with E-state index in [4.69, 9.17) is 5.73 Å². The summed E-state index contributed by atoms with van der Waals surface area (Å²) in [7, 11) is 0. The minimum atomic E-state index is -0.321. The van der Waals surface area contributed by atoms with E-state index in [1.807, 2.05) is 6.92 Å². The molecular weight excluding hydrogens is 220 g/mol. The van der Waals surface area contributed by atoms with Crippen LogP contribution in [0.1, 0.15) is 29.0 Å². The second-order valence-electron chi connectivity index (χ2n) is 3.56. The van der Waals surface area contributed by atoms with Gasteiger partial charge in [-0.1, -0.05) is 0 Å². The molecule has 0 spiro atoms. The summed E-state index contributed by atoms with van der Waals surface area (Å²) in [5, 5.41) is 9.27. The van der Waals surface area contributed by atoms with E-state index in [9.17, 15) is 4.79 Å². The lowest BCUT2D eigenvalue weighted by atomic mass is 10.2. The summed E-state index contributed by atoms with van der Waals surface area (Å²) < 4.78 is 0. The quantitative estimate of drug-likeness (QED) is 0.703. The molecule has 2 rings (SSSR count). The highest BCUT2D eigenvalue weighted by atomic mass is 16.1. The maximum atomic E-state index is 11.8. The smallest absolute Gasteiger partial charge is 0.272 e. The molecule has 0 aliphatic rings. The van der Waals surface area contributed by atoms with Gasteiger partial charge in [0.2, 0.25) is 0 Å². The average Bonchev–Trinajstić information content (AvgIpc) is 2.82. The van der Waals surface area contributed by atoms with E-state index in [2.05, 4.69) is 25.5 Å². The second kappa shape index (κ2) is 4.60. The molecule has 2 aromatic heterocycles. The Morgan fingerprint density at radius 3 is 2.94 bits per heavy atom. The number of anilines is 1. The Kier molecular flexibility index (Phi) is 2.99. The van der Waals surface area contributed by atoms with Gasteiger partial charge in [-0.2, -0.15) is 5.10 Å². The first-order valence-electron chi connectivity index (χ1n) is 5.04. The van der Waals surface area contributed by atoms with Gasteiger partial charge < -0.3 is 11.1 Å². The molecule has 0 aliphatic carbocycles. The van der Waals surface area contributed by atoms with Crippen LogP contribution in [0.25, 0.3) is 0 Å². The van der Waals surface area contributed by atoms with Gasteiger partial charge in [-0.15, -0.1) is 0 Å². The van der Waals surface area contributed by atoms with Gasteiger partial charge in [-0.3, -0.25) is 14.9 Å². The number of nitrogen functional groups attached to an aromatic ring is 1. The molecule has 0 aromatic carbocycles. The van der Waals surface area contributed by atoms with Crippen molar-refractivity contribution in [3.8, 4) is 0 Å². The molecular formula is C10H12N6O. The summed E-state index contributed by atoms with van der Waals surface area (Å²) in [4.78, 5) is 19.5. The molecule has 0 radical (unpaired) electrons. The molecule has 1 amide bonds. The van der Waals surface area contributed by atoms with Crippen LogP contribution in [0, 0.1) is 0 Å². The zero-order valence-electron chi connectivity index (χ0n) is 9.21. The minimum Gasteiger partial charge on any atom is -0.382 e. The van der Waals surface area contributed by atoms with E-state index < -0.39 is 0 Å². The van der Waals surface area contributed by atoms with Gasteiger partial charge in [0.15, 0.2) is 0 Å². The number of aromatic amines is 1. The number of carbonyl (C=O) groups is 1. The van der Waals surface area contributed by atoms with Gasteiger partial charge in [-0.05, 0) is 6.92 Å². The van der Waals surface area contributed by atoms with Gasteiger partial charge in [0.05, 0.1) is 24.6 Å². The molecule has 2 aromatic rings. The standard InChI is InChI=1S/C10H12N6O/c1-6(7-2-13-14-3-7)15-10(17)8-4-12-5-9(11)16-8/h2-6H,1H3,(H2,11,16)(H,13,14)(H,15,17). The number of aromatic nitrogens is 4. The summed E-state index contributed by atoms with van der Waals surface area (Å²) in [5.41, 5.74) is 6.53. The molecule has 4 N–H and O–H groups in total. The van der Waals surface area contributed by atoms with Crippen LogP contribution in [0.4, 0.5) is 5.82 Å². The molecule has 0 aliphatic heterocycles. The largest absolute Gasteiger partial charge is 0.382 e. The Hall–Kier alpha value is -2.44. The maximum Gasteiger partial charge on any atom is 0.272 e. The predicted molar refractivity (Wildman–Crippen MR) is 60.9 cm³/mol. The van der Waals surface area contributed by atoms with Crippen LogP contribution in [0.5, 0.6) is 0 Å². The number of nitrogens with zero attached hydrogens (tertiary/aromatic N) is 3. The SMILES string of the molecule is CC(NC(=O)c1cncc(N)n1)c1cn[nH]c1. The molecule has 0 saturated heterocycles.